The van der Waals surface area contributed by atoms with E-state index < -0.39 is 0 Å². The van der Waals surface area contributed by atoms with E-state index in [0.717, 1.165) is 43.8 Å². The van der Waals surface area contributed by atoms with Crippen molar-refractivity contribution in [2.75, 3.05) is 31.6 Å². The number of benzene rings is 1. The number of carbonyl (C=O) groups excluding carboxylic acids is 2. The summed E-state index contributed by atoms with van der Waals surface area (Å²) in [5, 5.41) is 15.7. The highest BCUT2D eigenvalue weighted by atomic mass is 35.5. The van der Waals surface area contributed by atoms with E-state index in [1.54, 1.807) is 24.3 Å². The van der Waals surface area contributed by atoms with E-state index in [2.05, 4.69) is 20.8 Å². The molecule has 2 atom stereocenters. The summed E-state index contributed by atoms with van der Waals surface area (Å²) in [6.07, 6.45) is 3.98. The first-order valence-corrected chi connectivity index (χ1v) is 11.3. The first-order chi connectivity index (χ1) is 14.6. The first kappa shape index (κ1) is 21.0. The number of nitrogens with one attached hydrogen (secondary N) is 2. The van der Waals surface area contributed by atoms with E-state index in [4.69, 9.17) is 16.3 Å². The quantitative estimate of drug-likeness (QED) is 0.728. The van der Waals surface area contributed by atoms with Crippen LogP contribution in [-0.4, -0.2) is 59.4 Å². The molecule has 2 aliphatic rings. The topological polar surface area (TPSA) is 96.5 Å². The van der Waals surface area contributed by atoms with Crippen LogP contribution in [0, 0.1) is 0 Å². The maximum atomic E-state index is 12.5. The molecule has 0 aliphatic carbocycles. The molecule has 4 rings (SSSR count). The minimum Gasteiger partial charge on any atom is -0.376 e. The Bertz CT molecular complexity index is 902. The average Bonchev–Trinajstić information content (AvgIpc) is 3.44. The second-order valence-corrected chi connectivity index (χ2v) is 8.96. The summed E-state index contributed by atoms with van der Waals surface area (Å²) < 4.78 is 5.56. The molecule has 2 saturated heterocycles. The van der Waals surface area contributed by atoms with Gasteiger partial charge in [0.15, 0.2) is 0 Å². The molecule has 3 amide bonds. The van der Waals surface area contributed by atoms with Crippen molar-refractivity contribution in [1.82, 2.24) is 20.4 Å². The Kier molecular flexibility index (Phi) is 6.81. The van der Waals surface area contributed by atoms with E-state index >= 15 is 0 Å². The molecule has 8 nitrogen and oxygen atoms in total. The molecule has 0 bridgehead atoms. The third kappa shape index (κ3) is 5.27. The third-order valence-electron chi connectivity index (χ3n) is 5.28. The summed E-state index contributed by atoms with van der Waals surface area (Å²) in [6.45, 7) is 2.61. The Morgan fingerprint density at radius 2 is 2.17 bits per heavy atom. The molecule has 30 heavy (non-hydrogen) atoms. The Morgan fingerprint density at radius 3 is 2.97 bits per heavy atom. The standard InChI is InChI=1S/C20H24ClN5O3S/c21-14-5-1-6-15(10-14)23-17(27)19-25-24-18(30-19)13-4-2-8-26(12-13)20(28)22-11-16-7-3-9-29-16/h1,5-6,10,13,16H,2-4,7-9,11-12H2,(H,22,28)(H,23,27)/t13-,16+/m0/s1. The summed E-state index contributed by atoms with van der Waals surface area (Å²) in [7, 11) is 0. The number of anilines is 1. The molecule has 0 saturated carbocycles. The van der Waals surface area contributed by atoms with Crippen LogP contribution >= 0.6 is 22.9 Å². The summed E-state index contributed by atoms with van der Waals surface area (Å²) >= 11 is 7.23. The second-order valence-electron chi connectivity index (χ2n) is 7.52. The number of piperidine rings is 1. The maximum absolute atomic E-state index is 12.5. The zero-order chi connectivity index (χ0) is 20.9. The lowest BCUT2D eigenvalue weighted by Crippen LogP contribution is -2.46. The number of aromatic nitrogens is 2. The van der Waals surface area contributed by atoms with Crippen LogP contribution < -0.4 is 10.6 Å². The summed E-state index contributed by atoms with van der Waals surface area (Å²) in [6, 6.07) is 6.88. The summed E-state index contributed by atoms with van der Waals surface area (Å²) in [4.78, 5) is 26.8. The van der Waals surface area contributed by atoms with Gasteiger partial charge >= 0.3 is 6.03 Å². The summed E-state index contributed by atoms with van der Waals surface area (Å²) in [5.41, 5.74) is 0.607. The molecule has 2 N–H and O–H groups in total. The fourth-order valence-corrected chi connectivity index (χ4v) is 4.78. The van der Waals surface area contributed by atoms with E-state index in [1.165, 1.54) is 11.3 Å². The lowest BCUT2D eigenvalue weighted by Gasteiger charge is -2.31. The molecule has 0 radical (unpaired) electrons. The van der Waals surface area contributed by atoms with Crippen LogP contribution in [0.4, 0.5) is 10.5 Å². The average molecular weight is 450 g/mol. The van der Waals surface area contributed by atoms with Crippen LogP contribution in [0.25, 0.3) is 0 Å². The van der Waals surface area contributed by atoms with E-state index in [-0.39, 0.29) is 24.0 Å². The highest BCUT2D eigenvalue weighted by molar-refractivity contribution is 7.13. The third-order valence-corrected chi connectivity index (χ3v) is 6.60. The van der Waals surface area contributed by atoms with Crippen molar-refractivity contribution < 1.29 is 14.3 Å². The van der Waals surface area contributed by atoms with Gasteiger partial charge in [0.05, 0.1) is 6.10 Å². The fraction of sp³-hybridized carbons (Fsp3) is 0.500. The van der Waals surface area contributed by atoms with Gasteiger partial charge in [0.1, 0.15) is 5.01 Å². The molecular formula is C20H24ClN5O3S. The minimum atomic E-state index is -0.317. The monoisotopic (exact) mass is 449 g/mol. The van der Waals surface area contributed by atoms with E-state index in [0.29, 0.717) is 28.8 Å². The SMILES string of the molecule is O=C(Nc1cccc(Cl)c1)c1nnc([C@H]2CCCN(C(=O)NC[C@H]3CCCO3)C2)s1. The van der Waals surface area contributed by atoms with Crippen LogP contribution in [0.1, 0.15) is 46.4 Å². The van der Waals surface area contributed by atoms with Crippen molar-refractivity contribution in [1.29, 1.82) is 0 Å². The second kappa shape index (κ2) is 9.72. The van der Waals surface area contributed by atoms with Crippen molar-refractivity contribution >= 4 is 40.6 Å². The van der Waals surface area contributed by atoms with Gasteiger partial charge in [-0.25, -0.2) is 4.79 Å². The van der Waals surface area contributed by atoms with Gasteiger partial charge in [-0.15, -0.1) is 10.2 Å². The normalized spacial score (nSPS) is 21.4. The first-order valence-electron chi connectivity index (χ1n) is 10.1. The molecule has 1 aromatic carbocycles. The van der Waals surface area contributed by atoms with Gasteiger partial charge in [-0.2, -0.15) is 0 Å². The number of amides is 3. The van der Waals surface area contributed by atoms with Gasteiger partial charge in [0.25, 0.3) is 5.91 Å². The van der Waals surface area contributed by atoms with Crippen LogP contribution in [0.15, 0.2) is 24.3 Å². The lowest BCUT2D eigenvalue weighted by molar-refractivity contribution is 0.102. The fourth-order valence-electron chi connectivity index (χ4n) is 3.72. The number of carbonyl (C=O) groups is 2. The molecular weight excluding hydrogens is 426 g/mol. The van der Waals surface area contributed by atoms with Crippen LogP contribution in [0.3, 0.4) is 0 Å². The molecule has 1 aromatic heterocycles. The van der Waals surface area contributed by atoms with E-state index in [9.17, 15) is 9.59 Å². The molecule has 2 aromatic rings. The number of urea groups is 1. The van der Waals surface area contributed by atoms with Gasteiger partial charge in [0.2, 0.25) is 5.01 Å². The van der Waals surface area contributed by atoms with Crippen molar-refractivity contribution in [3.05, 3.63) is 39.3 Å². The van der Waals surface area contributed by atoms with Crippen LogP contribution in [-0.2, 0) is 4.74 Å². The molecule has 10 heteroatoms. The molecule has 160 valence electrons. The van der Waals surface area contributed by atoms with Gasteiger partial charge in [0, 0.05) is 42.9 Å². The van der Waals surface area contributed by atoms with Crippen molar-refractivity contribution in [2.24, 2.45) is 0 Å². The molecule has 0 spiro atoms. The summed E-state index contributed by atoms with van der Waals surface area (Å²) in [5.74, 6) is -0.236. The van der Waals surface area contributed by atoms with E-state index in [1.807, 2.05) is 4.90 Å². The highest BCUT2D eigenvalue weighted by Gasteiger charge is 2.28. The molecule has 0 unspecified atom stereocenters. The number of ether oxygens (including phenoxy) is 1. The number of halogens is 1. The van der Waals surface area contributed by atoms with Crippen molar-refractivity contribution in [2.45, 2.75) is 37.7 Å². The number of likely N-dealkylation sites (tertiary alicyclic amines) is 1. The Morgan fingerprint density at radius 1 is 1.27 bits per heavy atom. The van der Waals surface area contributed by atoms with Gasteiger partial charge in [-0.3, -0.25) is 4.79 Å². The van der Waals surface area contributed by atoms with Crippen molar-refractivity contribution in [3.8, 4) is 0 Å². The maximum Gasteiger partial charge on any atom is 0.317 e. The Hall–Kier alpha value is -2.23. The smallest absolute Gasteiger partial charge is 0.317 e. The number of hydrogen-bond acceptors (Lipinski definition) is 6. The molecule has 2 fully saturated rings. The number of hydrogen-bond donors (Lipinski definition) is 2. The Labute approximate surface area is 184 Å². The van der Waals surface area contributed by atoms with Crippen LogP contribution in [0.2, 0.25) is 5.02 Å². The zero-order valence-electron chi connectivity index (χ0n) is 16.5. The predicted octanol–water partition coefficient (Wildman–Crippen LogP) is 3.51. The lowest BCUT2D eigenvalue weighted by atomic mass is 9.99. The number of nitrogens with zero attached hydrogens (tertiary/aromatic N) is 3. The van der Waals surface area contributed by atoms with Gasteiger partial charge < -0.3 is 20.3 Å². The highest BCUT2D eigenvalue weighted by Crippen LogP contribution is 2.29. The minimum absolute atomic E-state index is 0.0707. The zero-order valence-corrected chi connectivity index (χ0v) is 18.0. The molecule has 3 heterocycles. The Balaban J connectivity index is 1.33. The van der Waals surface area contributed by atoms with Crippen molar-refractivity contribution in [3.63, 3.8) is 0 Å². The number of rotatable bonds is 5. The van der Waals surface area contributed by atoms with Gasteiger partial charge in [-0.05, 0) is 43.9 Å². The predicted molar refractivity (Wildman–Crippen MR) is 115 cm³/mol. The largest absolute Gasteiger partial charge is 0.376 e. The van der Waals surface area contributed by atoms with Crippen LogP contribution in [0.5, 0.6) is 0 Å². The van der Waals surface area contributed by atoms with Gasteiger partial charge in [-0.1, -0.05) is 29.0 Å². The molecule has 2 aliphatic heterocycles.